The molecule has 0 radical (unpaired) electrons. The van der Waals surface area contributed by atoms with Gasteiger partial charge in [-0.3, -0.25) is 14.5 Å². The van der Waals surface area contributed by atoms with E-state index in [2.05, 4.69) is 29.4 Å². The van der Waals surface area contributed by atoms with Crippen molar-refractivity contribution in [3.05, 3.63) is 53.6 Å². The molecule has 1 saturated carbocycles. The fourth-order valence-electron chi connectivity index (χ4n) is 3.57. The van der Waals surface area contributed by atoms with Gasteiger partial charge >= 0.3 is 0 Å². The summed E-state index contributed by atoms with van der Waals surface area (Å²) in [4.78, 5) is 27.2. The summed E-state index contributed by atoms with van der Waals surface area (Å²) in [5.41, 5.74) is 3.73. The van der Waals surface area contributed by atoms with Crippen molar-refractivity contribution in [3.63, 3.8) is 0 Å². The van der Waals surface area contributed by atoms with Gasteiger partial charge in [0.2, 0.25) is 11.8 Å². The van der Waals surface area contributed by atoms with Crippen molar-refractivity contribution < 1.29 is 14.3 Å². The summed E-state index contributed by atoms with van der Waals surface area (Å²) in [5.74, 6) is 1.17. The molecule has 2 aromatic carbocycles. The van der Waals surface area contributed by atoms with Gasteiger partial charge in [0.25, 0.3) is 0 Å². The Balaban J connectivity index is 1.47. The first-order chi connectivity index (χ1) is 15.3. The minimum Gasteiger partial charge on any atom is -0.493 e. The molecule has 0 heterocycles. The Kier molecular flexibility index (Phi) is 8.28. The molecule has 2 amide bonds. The highest BCUT2D eigenvalue weighted by Gasteiger charge is 2.30. The van der Waals surface area contributed by atoms with Crippen LogP contribution in [0.5, 0.6) is 5.75 Å². The minimum atomic E-state index is -0.0540. The van der Waals surface area contributed by atoms with Crippen molar-refractivity contribution in [1.29, 1.82) is 0 Å². The van der Waals surface area contributed by atoms with E-state index in [9.17, 15) is 9.59 Å². The van der Waals surface area contributed by atoms with E-state index in [0.717, 1.165) is 41.1 Å². The summed E-state index contributed by atoms with van der Waals surface area (Å²) in [7, 11) is 0. The Morgan fingerprint density at radius 3 is 2.25 bits per heavy atom. The van der Waals surface area contributed by atoms with Gasteiger partial charge in [-0.15, -0.1) is 0 Å². The lowest BCUT2D eigenvalue weighted by molar-refractivity contribution is -0.119. The monoisotopic (exact) mass is 437 g/mol. The van der Waals surface area contributed by atoms with Crippen LogP contribution in [0.3, 0.4) is 0 Å². The summed E-state index contributed by atoms with van der Waals surface area (Å²) in [5, 5.41) is 5.98. The van der Waals surface area contributed by atoms with Crippen LogP contribution in [-0.2, 0) is 9.59 Å². The second kappa shape index (κ2) is 11.1. The van der Waals surface area contributed by atoms with Crippen LogP contribution in [0.25, 0.3) is 0 Å². The van der Waals surface area contributed by atoms with Gasteiger partial charge in [0, 0.05) is 30.4 Å². The van der Waals surface area contributed by atoms with E-state index in [1.165, 1.54) is 0 Å². The fraction of sp³-hybridized carbons (Fsp3) is 0.462. The van der Waals surface area contributed by atoms with Crippen LogP contribution >= 0.6 is 0 Å². The summed E-state index contributed by atoms with van der Waals surface area (Å²) in [6.45, 7) is 9.72. The molecule has 32 heavy (non-hydrogen) atoms. The summed E-state index contributed by atoms with van der Waals surface area (Å²) in [6, 6.07) is 13.8. The van der Waals surface area contributed by atoms with Crippen molar-refractivity contribution in [1.82, 2.24) is 4.90 Å². The Hall–Kier alpha value is -2.86. The second-order valence-corrected chi connectivity index (χ2v) is 9.04. The van der Waals surface area contributed by atoms with Gasteiger partial charge in [0.15, 0.2) is 0 Å². The smallest absolute Gasteiger partial charge is 0.238 e. The molecule has 1 aliphatic carbocycles. The Morgan fingerprint density at radius 2 is 1.66 bits per heavy atom. The average Bonchev–Trinajstić information content (AvgIpc) is 3.59. The van der Waals surface area contributed by atoms with E-state index in [0.29, 0.717) is 38.1 Å². The van der Waals surface area contributed by atoms with Gasteiger partial charge in [-0.05, 0) is 68.0 Å². The van der Waals surface area contributed by atoms with Crippen molar-refractivity contribution in [2.75, 3.05) is 30.3 Å². The predicted octanol–water partition coefficient (Wildman–Crippen LogP) is 4.77. The summed E-state index contributed by atoms with van der Waals surface area (Å²) >= 11 is 0. The number of hydrogen-bond acceptors (Lipinski definition) is 4. The van der Waals surface area contributed by atoms with Crippen LogP contribution in [0.4, 0.5) is 11.4 Å². The highest BCUT2D eigenvalue weighted by atomic mass is 16.5. The zero-order chi connectivity index (χ0) is 23.1. The number of para-hydroxylation sites is 1. The number of carbonyl (C=O) groups is 2. The molecule has 0 atom stereocenters. The van der Waals surface area contributed by atoms with Crippen molar-refractivity contribution in [2.45, 2.75) is 53.0 Å². The lowest BCUT2D eigenvalue weighted by atomic mass is 10.1. The quantitative estimate of drug-likeness (QED) is 0.531. The molecule has 172 valence electrons. The minimum absolute atomic E-state index is 0.0355. The molecular formula is C26H35N3O3. The third-order valence-electron chi connectivity index (χ3n) is 5.50. The van der Waals surface area contributed by atoms with Crippen molar-refractivity contribution in [2.24, 2.45) is 5.92 Å². The number of nitrogens with one attached hydrogen (secondary N) is 2. The van der Waals surface area contributed by atoms with Crippen LogP contribution in [0.1, 0.15) is 44.2 Å². The molecule has 2 N–H and O–H groups in total. The molecular weight excluding hydrogens is 402 g/mol. The zero-order valence-corrected chi connectivity index (χ0v) is 19.6. The molecule has 0 aliphatic heterocycles. The van der Waals surface area contributed by atoms with Gasteiger partial charge in [0.05, 0.1) is 13.2 Å². The van der Waals surface area contributed by atoms with Crippen LogP contribution in [0.15, 0.2) is 42.5 Å². The van der Waals surface area contributed by atoms with Crippen molar-refractivity contribution >= 4 is 23.2 Å². The lowest BCUT2D eigenvalue weighted by Gasteiger charge is -2.22. The topological polar surface area (TPSA) is 70.7 Å². The zero-order valence-electron chi connectivity index (χ0n) is 19.6. The number of benzene rings is 2. The molecule has 6 heteroatoms. The Bertz CT molecular complexity index is 900. The molecule has 3 rings (SSSR count). The predicted molar refractivity (Wildman–Crippen MR) is 129 cm³/mol. The highest BCUT2D eigenvalue weighted by molar-refractivity contribution is 5.94. The number of rotatable bonds is 11. The summed E-state index contributed by atoms with van der Waals surface area (Å²) < 4.78 is 5.68. The SMILES string of the molecule is Cc1cccc(C)c1NC(=O)CN(CCC(=O)Nc1ccc(OCC(C)C)cc1)C1CC1. The molecule has 0 spiro atoms. The van der Waals surface area contributed by atoms with Crippen LogP contribution in [-0.4, -0.2) is 42.5 Å². The standard InChI is InChI=1S/C26H35N3O3/c1-18(2)17-32-23-12-8-21(9-13-23)27-24(30)14-15-29(22-10-11-22)16-25(31)28-26-19(3)6-5-7-20(26)4/h5-9,12-13,18,22H,10-11,14-17H2,1-4H3,(H,27,30)(H,28,31). The van der Waals surface area contributed by atoms with Gasteiger partial charge in [-0.2, -0.15) is 0 Å². The number of ether oxygens (including phenoxy) is 1. The Morgan fingerprint density at radius 1 is 1.00 bits per heavy atom. The molecule has 2 aromatic rings. The van der Waals surface area contributed by atoms with E-state index in [1.54, 1.807) is 0 Å². The number of amides is 2. The fourth-order valence-corrected chi connectivity index (χ4v) is 3.57. The van der Waals surface area contributed by atoms with E-state index < -0.39 is 0 Å². The lowest BCUT2D eigenvalue weighted by Crippen LogP contribution is -2.37. The first-order valence-corrected chi connectivity index (χ1v) is 11.4. The molecule has 0 unspecified atom stereocenters. The van der Waals surface area contributed by atoms with Crippen LogP contribution in [0.2, 0.25) is 0 Å². The molecule has 1 aliphatic rings. The van der Waals surface area contributed by atoms with E-state index in [1.807, 2.05) is 56.3 Å². The molecule has 0 aromatic heterocycles. The number of aryl methyl sites for hydroxylation is 2. The molecule has 0 bridgehead atoms. The van der Waals surface area contributed by atoms with E-state index in [4.69, 9.17) is 4.74 Å². The van der Waals surface area contributed by atoms with Gasteiger partial charge in [-0.1, -0.05) is 32.0 Å². The third-order valence-corrected chi connectivity index (χ3v) is 5.50. The molecule has 0 saturated heterocycles. The Labute approximate surface area is 191 Å². The normalized spacial score (nSPS) is 13.3. The maximum atomic E-state index is 12.7. The van der Waals surface area contributed by atoms with Crippen molar-refractivity contribution in [3.8, 4) is 5.75 Å². The maximum absolute atomic E-state index is 12.7. The first kappa shape index (κ1) is 23.8. The molecule has 1 fully saturated rings. The van der Waals surface area contributed by atoms with Gasteiger partial charge < -0.3 is 15.4 Å². The van der Waals surface area contributed by atoms with Crippen LogP contribution in [0, 0.1) is 19.8 Å². The molecule has 6 nitrogen and oxygen atoms in total. The van der Waals surface area contributed by atoms with E-state index in [-0.39, 0.29) is 11.8 Å². The number of carbonyl (C=O) groups excluding carboxylic acids is 2. The third kappa shape index (κ3) is 7.38. The van der Waals surface area contributed by atoms with Crippen LogP contribution < -0.4 is 15.4 Å². The summed E-state index contributed by atoms with van der Waals surface area (Å²) in [6.07, 6.45) is 2.50. The second-order valence-electron chi connectivity index (χ2n) is 9.04. The van der Waals surface area contributed by atoms with E-state index >= 15 is 0 Å². The number of anilines is 2. The number of nitrogens with zero attached hydrogens (tertiary/aromatic N) is 1. The highest BCUT2D eigenvalue weighted by Crippen LogP contribution is 2.27. The van der Waals surface area contributed by atoms with Gasteiger partial charge in [0.1, 0.15) is 5.75 Å². The average molecular weight is 438 g/mol. The largest absolute Gasteiger partial charge is 0.493 e. The first-order valence-electron chi connectivity index (χ1n) is 11.4. The number of hydrogen-bond donors (Lipinski definition) is 2. The van der Waals surface area contributed by atoms with Gasteiger partial charge in [-0.25, -0.2) is 0 Å². The maximum Gasteiger partial charge on any atom is 0.238 e.